The molecule has 2 aliphatic rings. The standard InChI is InChI=1S/C16H21N3/c1-2-16(7-4-8-16)11-18-15-13(10-17)9-12-5-3-6-14(12)19-15/h9H,2-8,11H2,1H3,(H,18,19). The molecule has 0 atom stereocenters. The molecule has 3 heteroatoms. The van der Waals surface area contributed by atoms with E-state index in [0.29, 0.717) is 11.0 Å². The number of aryl methyl sites for hydroxylation is 2. The average molecular weight is 255 g/mol. The third kappa shape index (κ3) is 2.20. The van der Waals surface area contributed by atoms with Gasteiger partial charge in [-0.1, -0.05) is 13.3 Å². The number of anilines is 1. The lowest BCUT2D eigenvalue weighted by Gasteiger charge is -2.41. The van der Waals surface area contributed by atoms with Gasteiger partial charge in [0, 0.05) is 12.2 Å². The van der Waals surface area contributed by atoms with Crippen molar-refractivity contribution in [1.82, 2.24) is 4.98 Å². The Morgan fingerprint density at radius 3 is 2.84 bits per heavy atom. The van der Waals surface area contributed by atoms with Crippen LogP contribution < -0.4 is 5.32 Å². The minimum atomic E-state index is 0.452. The number of nitrogens with one attached hydrogen (secondary N) is 1. The van der Waals surface area contributed by atoms with Crippen molar-refractivity contribution >= 4 is 5.82 Å². The summed E-state index contributed by atoms with van der Waals surface area (Å²) in [5, 5.41) is 12.7. The number of hydrogen-bond donors (Lipinski definition) is 1. The Kier molecular flexibility index (Phi) is 3.18. The lowest BCUT2D eigenvalue weighted by Crippen LogP contribution is -2.36. The zero-order chi connectivity index (χ0) is 13.3. The number of hydrogen-bond acceptors (Lipinski definition) is 3. The molecule has 1 aromatic rings. The molecular weight excluding hydrogens is 234 g/mol. The molecule has 3 nitrogen and oxygen atoms in total. The van der Waals surface area contributed by atoms with E-state index < -0.39 is 0 Å². The maximum Gasteiger partial charge on any atom is 0.144 e. The monoisotopic (exact) mass is 255 g/mol. The fraction of sp³-hybridized carbons (Fsp3) is 0.625. The van der Waals surface area contributed by atoms with Gasteiger partial charge in [0.15, 0.2) is 0 Å². The lowest BCUT2D eigenvalue weighted by atomic mass is 9.67. The average Bonchev–Trinajstić information content (AvgIpc) is 2.84. The fourth-order valence-electron chi connectivity index (χ4n) is 3.30. The maximum absolute atomic E-state index is 9.28. The Bertz CT molecular complexity index is 518. The van der Waals surface area contributed by atoms with E-state index in [2.05, 4.69) is 23.3 Å². The van der Waals surface area contributed by atoms with E-state index in [-0.39, 0.29) is 0 Å². The van der Waals surface area contributed by atoms with Crippen LogP contribution in [0.5, 0.6) is 0 Å². The van der Waals surface area contributed by atoms with Gasteiger partial charge in [-0.15, -0.1) is 0 Å². The summed E-state index contributed by atoms with van der Waals surface area (Å²) in [4.78, 5) is 4.69. The van der Waals surface area contributed by atoms with E-state index in [9.17, 15) is 5.26 Å². The Hall–Kier alpha value is -1.56. The summed E-state index contributed by atoms with van der Waals surface area (Å²) in [6, 6.07) is 4.33. The highest BCUT2D eigenvalue weighted by molar-refractivity contribution is 5.55. The van der Waals surface area contributed by atoms with Crippen molar-refractivity contribution in [2.45, 2.75) is 51.9 Å². The zero-order valence-corrected chi connectivity index (χ0v) is 11.6. The second-order valence-corrected chi connectivity index (χ2v) is 6.02. The number of rotatable bonds is 4. The minimum absolute atomic E-state index is 0.452. The predicted molar refractivity (Wildman–Crippen MR) is 76.0 cm³/mol. The van der Waals surface area contributed by atoms with Crippen molar-refractivity contribution in [2.24, 2.45) is 5.41 Å². The van der Waals surface area contributed by atoms with Crippen LogP contribution in [-0.2, 0) is 12.8 Å². The molecule has 0 amide bonds. The quantitative estimate of drug-likeness (QED) is 0.896. The Morgan fingerprint density at radius 1 is 1.37 bits per heavy atom. The first-order valence-corrected chi connectivity index (χ1v) is 7.43. The van der Waals surface area contributed by atoms with Crippen molar-refractivity contribution in [1.29, 1.82) is 5.26 Å². The Balaban J connectivity index is 1.79. The van der Waals surface area contributed by atoms with E-state index in [1.165, 1.54) is 43.4 Å². The summed E-state index contributed by atoms with van der Waals surface area (Å²) >= 11 is 0. The summed E-state index contributed by atoms with van der Waals surface area (Å²) < 4.78 is 0. The number of fused-ring (bicyclic) bond motifs is 1. The molecule has 1 fully saturated rings. The van der Waals surface area contributed by atoms with E-state index in [1.807, 2.05) is 6.07 Å². The maximum atomic E-state index is 9.28. The van der Waals surface area contributed by atoms with Gasteiger partial charge in [0.05, 0.1) is 5.56 Å². The first kappa shape index (κ1) is 12.5. The molecule has 100 valence electrons. The van der Waals surface area contributed by atoms with Crippen LogP contribution in [0.2, 0.25) is 0 Å². The minimum Gasteiger partial charge on any atom is -0.368 e. The first-order chi connectivity index (χ1) is 9.26. The number of nitrogens with zero attached hydrogens (tertiary/aromatic N) is 2. The van der Waals surface area contributed by atoms with Crippen molar-refractivity contribution in [3.05, 3.63) is 22.9 Å². The summed E-state index contributed by atoms with van der Waals surface area (Å²) in [5.74, 6) is 0.808. The van der Waals surface area contributed by atoms with Gasteiger partial charge < -0.3 is 5.32 Å². The molecule has 1 heterocycles. The van der Waals surface area contributed by atoms with Crippen LogP contribution in [-0.4, -0.2) is 11.5 Å². The Morgan fingerprint density at radius 2 is 2.21 bits per heavy atom. The van der Waals surface area contributed by atoms with Crippen molar-refractivity contribution in [2.75, 3.05) is 11.9 Å². The van der Waals surface area contributed by atoms with Gasteiger partial charge in [0.1, 0.15) is 11.9 Å². The summed E-state index contributed by atoms with van der Waals surface area (Å²) in [6.07, 6.45) is 8.50. The van der Waals surface area contributed by atoms with Crippen LogP contribution in [0, 0.1) is 16.7 Å². The van der Waals surface area contributed by atoms with Gasteiger partial charge in [-0.25, -0.2) is 4.98 Å². The van der Waals surface area contributed by atoms with E-state index in [4.69, 9.17) is 0 Å². The van der Waals surface area contributed by atoms with Crippen LogP contribution in [0.1, 0.15) is 55.8 Å². The first-order valence-electron chi connectivity index (χ1n) is 7.43. The van der Waals surface area contributed by atoms with Crippen LogP contribution in [0.4, 0.5) is 5.82 Å². The lowest BCUT2D eigenvalue weighted by molar-refractivity contribution is 0.145. The van der Waals surface area contributed by atoms with Gasteiger partial charge >= 0.3 is 0 Å². The summed E-state index contributed by atoms with van der Waals surface area (Å²) in [6.45, 7) is 3.23. The molecule has 19 heavy (non-hydrogen) atoms. The van der Waals surface area contributed by atoms with E-state index in [0.717, 1.165) is 25.2 Å². The molecular formula is C16H21N3. The highest BCUT2D eigenvalue weighted by Gasteiger charge is 2.35. The molecule has 2 aliphatic carbocycles. The topological polar surface area (TPSA) is 48.7 Å². The second-order valence-electron chi connectivity index (χ2n) is 6.02. The molecule has 1 aromatic heterocycles. The van der Waals surface area contributed by atoms with Gasteiger partial charge in [-0.05, 0) is 55.6 Å². The van der Waals surface area contributed by atoms with Crippen LogP contribution >= 0.6 is 0 Å². The number of nitriles is 1. The smallest absolute Gasteiger partial charge is 0.144 e. The summed E-state index contributed by atoms with van der Waals surface area (Å²) in [5.41, 5.74) is 3.63. The highest BCUT2D eigenvalue weighted by atomic mass is 15.0. The molecule has 1 saturated carbocycles. The van der Waals surface area contributed by atoms with Gasteiger partial charge in [-0.2, -0.15) is 5.26 Å². The van der Waals surface area contributed by atoms with Crippen LogP contribution in [0.25, 0.3) is 0 Å². The highest BCUT2D eigenvalue weighted by Crippen LogP contribution is 2.43. The fourth-order valence-corrected chi connectivity index (χ4v) is 3.30. The molecule has 3 rings (SSSR count). The largest absolute Gasteiger partial charge is 0.368 e. The zero-order valence-electron chi connectivity index (χ0n) is 11.6. The third-order valence-corrected chi connectivity index (χ3v) is 4.97. The van der Waals surface area contributed by atoms with Gasteiger partial charge in [0.25, 0.3) is 0 Å². The van der Waals surface area contributed by atoms with Crippen LogP contribution in [0.15, 0.2) is 6.07 Å². The molecule has 0 bridgehead atoms. The molecule has 0 unspecified atom stereocenters. The molecule has 1 N–H and O–H groups in total. The Labute approximate surface area is 115 Å². The van der Waals surface area contributed by atoms with Crippen LogP contribution in [0.3, 0.4) is 0 Å². The van der Waals surface area contributed by atoms with Crippen molar-refractivity contribution in [3.8, 4) is 6.07 Å². The molecule has 0 radical (unpaired) electrons. The van der Waals surface area contributed by atoms with E-state index in [1.54, 1.807) is 0 Å². The SMILES string of the molecule is CCC1(CNc2nc3c(cc2C#N)CCC3)CCC1. The van der Waals surface area contributed by atoms with E-state index >= 15 is 0 Å². The number of aromatic nitrogens is 1. The summed E-state index contributed by atoms with van der Waals surface area (Å²) in [7, 11) is 0. The predicted octanol–water partition coefficient (Wildman–Crippen LogP) is 3.43. The van der Waals surface area contributed by atoms with Crippen molar-refractivity contribution < 1.29 is 0 Å². The second kappa shape index (κ2) is 4.85. The molecule has 0 saturated heterocycles. The van der Waals surface area contributed by atoms with Crippen molar-refractivity contribution in [3.63, 3.8) is 0 Å². The number of pyridine rings is 1. The molecule has 0 aromatic carbocycles. The normalized spacial score (nSPS) is 19.4. The molecule has 0 spiro atoms. The molecule has 0 aliphatic heterocycles. The van der Waals surface area contributed by atoms with Gasteiger partial charge in [-0.3, -0.25) is 0 Å². The third-order valence-electron chi connectivity index (χ3n) is 4.97. The van der Waals surface area contributed by atoms with Gasteiger partial charge in [0.2, 0.25) is 0 Å².